The van der Waals surface area contributed by atoms with Crippen LogP contribution in [0.15, 0.2) is 48.8 Å². The first-order valence-electron chi connectivity index (χ1n) is 11.9. The summed E-state index contributed by atoms with van der Waals surface area (Å²) >= 11 is 1.29. The second-order valence-electron chi connectivity index (χ2n) is 9.11. The SMILES string of the molecule is Cc1nc(Oc2ccccc2)ncc1N1C(=O)Nc2c(C(=O)N[C@@H]3CCC[C@@H]3C)sc3nccc1c23. The van der Waals surface area contributed by atoms with Crippen molar-refractivity contribution in [3.05, 3.63) is 59.4 Å². The van der Waals surface area contributed by atoms with Crippen LogP contribution in [0.5, 0.6) is 11.8 Å². The van der Waals surface area contributed by atoms with E-state index in [-0.39, 0.29) is 24.0 Å². The molecule has 1 aromatic carbocycles. The van der Waals surface area contributed by atoms with Crippen molar-refractivity contribution in [2.75, 3.05) is 10.2 Å². The lowest BCUT2D eigenvalue weighted by Crippen LogP contribution is -2.38. The Morgan fingerprint density at radius 1 is 1.17 bits per heavy atom. The molecule has 2 N–H and O–H groups in total. The number of hydrogen-bond acceptors (Lipinski definition) is 7. The van der Waals surface area contributed by atoms with Crippen molar-refractivity contribution in [2.45, 2.75) is 39.2 Å². The molecule has 1 aliphatic heterocycles. The smallest absolute Gasteiger partial charge is 0.331 e. The summed E-state index contributed by atoms with van der Waals surface area (Å²) in [5, 5.41) is 6.82. The number of urea groups is 1. The van der Waals surface area contributed by atoms with Gasteiger partial charge in [0.1, 0.15) is 15.5 Å². The average molecular weight is 501 g/mol. The molecular formula is C26H24N6O3S. The highest BCUT2D eigenvalue weighted by atomic mass is 32.1. The van der Waals surface area contributed by atoms with E-state index in [0.717, 1.165) is 24.6 Å². The first kappa shape index (κ1) is 22.4. The number of carbonyl (C=O) groups is 2. The first-order valence-corrected chi connectivity index (χ1v) is 12.7. The molecule has 1 saturated carbocycles. The van der Waals surface area contributed by atoms with Gasteiger partial charge in [-0.05, 0) is 43.9 Å². The number of hydrogen-bond donors (Lipinski definition) is 2. The van der Waals surface area contributed by atoms with E-state index < -0.39 is 0 Å². The van der Waals surface area contributed by atoms with Crippen LogP contribution in [0, 0.1) is 12.8 Å². The highest BCUT2D eigenvalue weighted by molar-refractivity contribution is 7.21. The van der Waals surface area contributed by atoms with Crippen LogP contribution in [0.3, 0.4) is 0 Å². The summed E-state index contributed by atoms with van der Waals surface area (Å²) in [6.45, 7) is 3.96. The average Bonchev–Trinajstić information content (AvgIpc) is 3.45. The summed E-state index contributed by atoms with van der Waals surface area (Å²) < 4.78 is 5.74. The highest BCUT2D eigenvalue weighted by Crippen LogP contribution is 2.46. The molecule has 3 aromatic heterocycles. The van der Waals surface area contributed by atoms with Crippen molar-refractivity contribution in [2.24, 2.45) is 5.92 Å². The Balaban J connectivity index is 1.35. The van der Waals surface area contributed by atoms with E-state index in [1.807, 2.05) is 30.3 Å². The zero-order valence-corrected chi connectivity index (χ0v) is 20.6. The fraction of sp³-hybridized carbons (Fsp3) is 0.269. The molecule has 2 atom stereocenters. The fourth-order valence-electron chi connectivity index (χ4n) is 4.88. The molecule has 4 aromatic rings. The molecule has 1 fully saturated rings. The van der Waals surface area contributed by atoms with Gasteiger partial charge in [0.05, 0.1) is 34.3 Å². The molecule has 10 heteroatoms. The molecule has 0 unspecified atom stereocenters. The first-order chi connectivity index (χ1) is 17.5. The quantitative estimate of drug-likeness (QED) is 0.359. The van der Waals surface area contributed by atoms with Gasteiger partial charge in [0.2, 0.25) is 0 Å². The van der Waals surface area contributed by atoms with Gasteiger partial charge in [-0.3, -0.25) is 9.69 Å². The number of aryl methyl sites for hydroxylation is 1. The van der Waals surface area contributed by atoms with Gasteiger partial charge in [0, 0.05) is 12.2 Å². The zero-order chi connectivity index (χ0) is 24.8. The summed E-state index contributed by atoms with van der Waals surface area (Å²) in [7, 11) is 0. The van der Waals surface area contributed by atoms with Gasteiger partial charge in [-0.15, -0.1) is 11.3 Å². The second kappa shape index (κ2) is 8.87. The predicted octanol–water partition coefficient (Wildman–Crippen LogP) is 5.79. The lowest BCUT2D eigenvalue weighted by atomic mass is 10.1. The maximum Gasteiger partial charge on any atom is 0.331 e. The lowest BCUT2D eigenvalue weighted by molar-refractivity contribution is 0.0934. The lowest BCUT2D eigenvalue weighted by Gasteiger charge is -2.29. The molecule has 3 amide bonds. The molecule has 0 spiro atoms. The molecule has 1 aliphatic carbocycles. The van der Waals surface area contributed by atoms with Crippen LogP contribution in [-0.4, -0.2) is 32.9 Å². The van der Waals surface area contributed by atoms with Gasteiger partial charge in [0.15, 0.2) is 0 Å². The number of benzene rings is 1. The Hall–Kier alpha value is -4.05. The Morgan fingerprint density at radius 2 is 2.00 bits per heavy atom. The van der Waals surface area contributed by atoms with E-state index in [2.05, 4.69) is 32.5 Å². The third kappa shape index (κ3) is 3.83. The van der Waals surface area contributed by atoms with Crippen molar-refractivity contribution < 1.29 is 14.3 Å². The zero-order valence-electron chi connectivity index (χ0n) is 19.8. The number of nitrogens with one attached hydrogen (secondary N) is 2. The van der Waals surface area contributed by atoms with Crippen molar-refractivity contribution in [1.82, 2.24) is 20.3 Å². The van der Waals surface area contributed by atoms with E-state index in [0.29, 0.717) is 44.1 Å². The van der Waals surface area contributed by atoms with E-state index in [1.165, 1.54) is 16.2 Å². The summed E-state index contributed by atoms with van der Waals surface area (Å²) in [4.78, 5) is 42.5. The van der Waals surface area contributed by atoms with Gasteiger partial charge >= 0.3 is 12.0 Å². The number of carbonyl (C=O) groups excluding carboxylic acids is 2. The molecule has 0 bridgehead atoms. The van der Waals surface area contributed by atoms with Crippen LogP contribution in [0.25, 0.3) is 10.2 Å². The van der Waals surface area contributed by atoms with E-state index in [4.69, 9.17) is 4.74 Å². The fourth-order valence-corrected chi connectivity index (χ4v) is 5.90. The Bertz CT molecular complexity index is 1490. The van der Waals surface area contributed by atoms with Crippen molar-refractivity contribution in [3.8, 4) is 11.8 Å². The van der Waals surface area contributed by atoms with Gasteiger partial charge in [-0.2, -0.15) is 4.98 Å². The molecule has 4 heterocycles. The third-order valence-corrected chi connectivity index (χ3v) is 7.85. The summed E-state index contributed by atoms with van der Waals surface area (Å²) in [6, 6.07) is 11.0. The number of rotatable bonds is 5. The number of pyridine rings is 1. The topological polar surface area (TPSA) is 109 Å². The molecule has 36 heavy (non-hydrogen) atoms. The Morgan fingerprint density at radius 3 is 2.75 bits per heavy atom. The molecule has 0 radical (unpaired) electrons. The van der Waals surface area contributed by atoms with Crippen molar-refractivity contribution >= 4 is 50.6 Å². The Kier molecular flexibility index (Phi) is 5.52. The summed E-state index contributed by atoms with van der Waals surface area (Å²) in [5.74, 6) is 0.889. The third-order valence-electron chi connectivity index (χ3n) is 6.75. The number of anilines is 3. The number of nitrogens with zero attached hydrogens (tertiary/aromatic N) is 4. The second-order valence-corrected chi connectivity index (χ2v) is 10.1. The van der Waals surface area contributed by atoms with E-state index in [9.17, 15) is 9.59 Å². The largest absolute Gasteiger partial charge is 0.424 e. The van der Waals surface area contributed by atoms with Crippen molar-refractivity contribution in [1.29, 1.82) is 0 Å². The monoisotopic (exact) mass is 500 g/mol. The number of ether oxygens (including phenoxy) is 1. The van der Waals surface area contributed by atoms with Crippen LogP contribution in [0.4, 0.5) is 21.9 Å². The van der Waals surface area contributed by atoms with Crippen LogP contribution in [-0.2, 0) is 0 Å². The molecule has 6 rings (SSSR count). The van der Waals surface area contributed by atoms with Gasteiger partial charge in [-0.1, -0.05) is 31.5 Å². The normalized spacial score (nSPS) is 18.8. The van der Waals surface area contributed by atoms with Crippen LogP contribution < -0.4 is 20.3 Å². The number of amides is 3. The summed E-state index contributed by atoms with van der Waals surface area (Å²) in [6.07, 6.45) is 6.41. The standard InChI is InChI=1S/C26H24N6O3S/c1-14-7-6-10-17(14)30-23(33)22-21-20-18(11-12-27-24(20)36-22)32(26(34)31-21)19-13-28-25(29-15(19)2)35-16-8-4-3-5-9-16/h3-5,8-9,11-14,17H,6-7,10H2,1-2H3,(H,30,33)(H,31,34)/t14-,17+/m0/s1. The van der Waals surface area contributed by atoms with Crippen LogP contribution in [0.1, 0.15) is 41.6 Å². The summed E-state index contributed by atoms with van der Waals surface area (Å²) in [5.41, 5.74) is 2.22. The van der Waals surface area contributed by atoms with Gasteiger partial charge in [0.25, 0.3) is 5.91 Å². The van der Waals surface area contributed by atoms with Crippen LogP contribution in [0.2, 0.25) is 0 Å². The molecule has 9 nitrogen and oxygen atoms in total. The highest BCUT2D eigenvalue weighted by Gasteiger charge is 2.35. The molecule has 0 saturated heterocycles. The van der Waals surface area contributed by atoms with Crippen molar-refractivity contribution in [3.63, 3.8) is 0 Å². The van der Waals surface area contributed by atoms with Gasteiger partial charge in [-0.25, -0.2) is 14.8 Å². The Labute approximate surface area is 211 Å². The van der Waals surface area contributed by atoms with Crippen LogP contribution >= 0.6 is 11.3 Å². The minimum absolute atomic E-state index is 0.148. The minimum Gasteiger partial charge on any atom is -0.424 e. The number of aromatic nitrogens is 3. The van der Waals surface area contributed by atoms with Gasteiger partial charge < -0.3 is 15.4 Å². The maximum absolute atomic E-state index is 13.4. The number of thiophene rings is 1. The number of para-hydroxylation sites is 1. The molecular weight excluding hydrogens is 476 g/mol. The van der Waals surface area contributed by atoms with E-state index in [1.54, 1.807) is 25.4 Å². The molecule has 182 valence electrons. The maximum atomic E-state index is 13.4. The molecule has 2 aliphatic rings. The van der Waals surface area contributed by atoms with E-state index >= 15 is 0 Å². The minimum atomic E-state index is -0.389. The predicted molar refractivity (Wildman–Crippen MR) is 138 cm³/mol.